The van der Waals surface area contributed by atoms with Crippen LogP contribution in [-0.2, 0) is 14.3 Å². The number of hydrogen-bond donors (Lipinski definition) is 1. The van der Waals surface area contributed by atoms with Gasteiger partial charge in [-0.3, -0.25) is 9.59 Å². The average Bonchev–Trinajstić information content (AvgIpc) is 3.74. The van der Waals surface area contributed by atoms with E-state index >= 15 is 0 Å². The molecule has 1 aromatic heterocycles. The smallest absolute Gasteiger partial charge is 0.310 e. The lowest BCUT2D eigenvalue weighted by Crippen LogP contribution is -2.40. The maximum atomic E-state index is 14.1. The molecular weight excluding hydrogens is 574 g/mol. The summed E-state index contributed by atoms with van der Waals surface area (Å²) >= 11 is 3.51. The van der Waals surface area contributed by atoms with Crippen LogP contribution in [0.15, 0.2) is 102 Å². The van der Waals surface area contributed by atoms with Gasteiger partial charge in [0.1, 0.15) is 23.6 Å². The number of carboxylic acids is 1. The second-order valence-corrected chi connectivity index (χ2v) is 11.3. The molecule has 0 saturated carbocycles. The third kappa shape index (κ3) is 3.82. The van der Waals surface area contributed by atoms with Crippen molar-refractivity contribution in [3.05, 3.63) is 124 Å². The van der Waals surface area contributed by atoms with E-state index in [0.717, 1.165) is 21.2 Å². The Morgan fingerprint density at radius 3 is 2.20 bits per heavy atom. The molecule has 9 nitrogen and oxygen atoms in total. The minimum absolute atomic E-state index is 0.197. The van der Waals surface area contributed by atoms with Gasteiger partial charge in [0.05, 0.1) is 18.6 Å². The van der Waals surface area contributed by atoms with Crippen LogP contribution < -0.4 is 0 Å². The zero-order valence-electron chi connectivity index (χ0n) is 21.1. The molecule has 10 heteroatoms. The van der Waals surface area contributed by atoms with Crippen molar-refractivity contribution in [2.45, 2.75) is 23.8 Å². The SMILES string of the molecule is O=C(O)[C@H]1[C@H]2C=C[C@]3(CN([C@H](c4ccc(Br)cc4)c4nnnn4C(c4ccccc4)c4ccccc4)C(=O)[C@@H]13)O2. The van der Waals surface area contributed by atoms with E-state index in [1.54, 1.807) is 15.7 Å². The van der Waals surface area contributed by atoms with E-state index in [1.165, 1.54) is 0 Å². The van der Waals surface area contributed by atoms with Gasteiger partial charge in [-0.1, -0.05) is 101 Å². The molecule has 0 aliphatic carbocycles. The van der Waals surface area contributed by atoms with Gasteiger partial charge >= 0.3 is 5.97 Å². The third-order valence-corrected chi connectivity index (χ3v) is 8.68. The lowest BCUT2D eigenvalue weighted by molar-refractivity contribution is -0.148. The lowest BCUT2D eigenvalue weighted by Gasteiger charge is -2.31. The summed E-state index contributed by atoms with van der Waals surface area (Å²) in [6, 6.07) is 26.5. The number of aliphatic carboxylic acids is 1. The maximum absolute atomic E-state index is 14.1. The molecule has 1 amide bonds. The highest BCUT2D eigenvalue weighted by Crippen LogP contribution is 2.54. The molecule has 4 aromatic rings. The first-order valence-electron chi connectivity index (χ1n) is 13.0. The Labute approximate surface area is 238 Å². The van der Waals surface area contributed by atoms with Crippen molar-refractivity contribution >= 4 is 27.8 Å². The van der Waals surface area contributed by atoms with Gasteiger partial charge in [0.25, 0.3) is 0 Å². The zero-order valence-corrected chi connectivity index (χ0v) is 22.7. The normalized spacial score (nSPS) is 25.5. The van der Waals surface area contributed by atoms with Crippen molar-refractivity contribution in [3.8, 4) is 0 Å². The number of benzene rings is 3. The maximum Gasteiger partial charge on any atom is 0.310 e. The molecule has 3 aromatic carbocycles. The fourth-order valence-corrected chi connectivity index (χ4v) is 6.72. The zero-order chi connectivity index (χ0) is 27.4. The van der Waals surface area contributed by atoms with Crippen LogP contribution in [0.2, 0.25) is 0 Å². The van der Waals surface area contributed by atoms with Crippen LogP contribution in [0.5, 0.6) is 0 Å². The average molecular weight is 598 g/mol. The molecule has 7 rings (SSSR count). The summed E-state index contributed by atoms with van der Waals surface area (Å²) in [4.78, 5) is 28.1. The molecule has 1 spiro atoms. The summed E-state index contributed by atoms with van der Waals surface area (Å²) in [7, 11) is 0. The molecule has 2 bridgehead atoms. The molecule has 0 unspecified atom stereocenters. The number of carboxylic acid groups (broad SMARTS) is 1. The minimum Gasteiger partial charge on any atom is -0.481 e. The topological polar surface area (TPSA) is 110 Å². The van der Waals surface area contributed by atoms with E-state index in [-0.39, 0.29) is 18.5 Å². The van der Waals surface area contributed by atoms with Crippen molar-refractivity contribution in [1.29, 1.82) is 0 Å². The Kier molecular flexibility index (Phi) is 5.90. The number of nitrogens with zero attached hydrogens (tertiary/aromatic N) is 5. The molecule has 4 heterocycles. The number of halogens is 1. The highest BCUT2D eigenvalue weighted by molar-refractivity contribution is 9.10. The Hall–Kier alpha value is -4.15. The lowest BCUT2D eigenvalue weighted by atomic mass is 9.77. The molecule has 1 N–H and O–H groups in total. The van der Waals surface area contributed by atoms with E-state index in [9.17, 15) is 14.7 Å². The second kappa shape index (κ2) is 9.50. The molecule has 5 atom stereocenters. The first kappa shape index (κ1) is 24.9. The van der Waals surface area contributed by atoms with E-state index in [1.807, 2.05) is 91.0 Å². The van der Waals surface area contributed by atoms with Gasteiger partial charge in [0, 0.05) is 4.47 Å². The van der Waals surface area contributed by atoms with E-state index in [0.29, 0.717) is 5.82 Å². The summed E-state index contributed by atoms with van der Waals surface area (Å²) in [6.07, 6.45) is 3.02. The molecule has 0 radical (unpaired) electrons. The minimum atomic E-state index is -1.03. The van der Waals surface area contributed by atoms with E-state index < -0.39 is 35.6 Å². The van der Waals surface area contributed by atoms with Crippen molar-refractivity contribution < 1.29 is 19.4 Å². The van der Waals surface area contributed by atoms with Gasteiger partial charge in [0.2, 0.25) is 5.91 Å². The van der Waals surface area contributed by atoms with Gasteiger partial charge in [-0.15, -0.1) is 5.10 Å². The predicted molar refractivity (Wildman–Crippen MR) is 147 cm³/mol. The molecule has 3 aliphatic rings. The van der Waals surface area contributed by atoms with Crippen LogP contribution in [0.4, 0.5) is 0 Å². The Bertz CT molecular complexity index is 1570. The molecule has 200 valence electrons. The number of amides is 1. The van der Waals surface area contributed by atoms with E-state index in [2.05, 4.69) is 31.5 Å². The van der Waals surface area contributed by atoms with Gasteiger partial charge in [-0.05, 0) is 39.2 Å². The number of fused-ring (bicyclic) bond motifs is 1. The number of carbonyl (C=O) groups excluding carboxylic acids is 1. The fourth-order valence-electron chi connectivity index (χ4n) is 6.45. The van der Waals surface area contributed by atoms with Gasteiger partial charge in [-0.25, -0.2) is 4.68 Å². The number of hydrogen-bond acceptors (Lipinski definition) is 6. The van der Waals surface area contributed by atoms with Crippen LogP contribution in [0.3, 0.4) is 0 Å². The Morgan fingerprint density at radius 1 is 0.950 bits per heavy atom. The summed E-state index contributed by atoms with van der Waals surface area (Å²) in [6.45, 7) is 0.197. The summed E-state index contributed by atoms with van der Waals surface area (Å²) in [5.41, 5.74) is 1.77. The van der Waals surface area contributed by atoms with Crippen LogP contribution >= 0.6 is 15.9 Å². The fraction of sp³-hybridized carbons (Fsp3) is 0.233. The van der Waals surface area contributed by atoms with Crippen molar-refractivity contribution in [2.75, 3.05) is 6.54 Å². The van der Waals surface area contributed by atoms with E-state index in [4.69, 9.17) is 4.74 Å². The standard InChI is InChI=1S/C30H24BrN5O4/c31-21-13-11-20(12-14-21)26(35-17-30-16-15-22(40-30)23(29(38)39)24(30)28(35)37)27-32-33-34-36(27)25(18-7-3-1-4-8-18)19-9-5-2-6-10-19/h1-16,22-26H,17H2,(H,38,39)/t22-,23+,24-,26-,30-/m1/s1. The molecular formula is C30H24BrN5O4. The van der Waals surface area contributed by atoms with Crippen molar-refractivity contribution in [2.24, 2.45) is 11.8 Å². The van der Waals surface area contributed by atoms with Crippen LogP contribution in [-0.4, -0.2) is 60.3 Å². The van der Waals surface area contributed by atoms with Gasteiger partial charge in [0.15, 0.2) is 5.82 Å². The van der Waals surface area contributed by atoms with Crippen molar-refractivity contribution in [1.82, 2.24) is 25.1 Å². The monoisotopic (exact) mass is 597 g/mol. The first-order valence-corrected chi connectivity index (χ1v) is 13.8. The molecule has 3 aliphatic heterocycles. The predicted octanol–water partition coefficient (Wildman–Crippen LogP) is 4.03. The summed E-state index contributed by atoms with van der Waals surface area (Å²) in [5, 5.41) is 23.0. The Morgan fingerprint density at radius 2 is 1.57 bits per heavy atom. The second-order valence-electron chi connectivity index (χ2n) is 10.4. The number of carbonyl (C=O) groups is 2. The number of aromatic nitrogens is 4. The summed E-state index contributed by atoms with van der Waals surface area (Å²) < 4.78 is 8.83. The highest BCUT2D eigenvalue weighted by atomic mass is 79.9. The third-order valence-electron chi connectivity index (χ3n) is 8.15. The van der Waals surface area contributed by atoms with Gasteiger partial charge in [-0.2, -0.15) is 0 Å². The largest absolute Gasteiger partial charge is 0.481 e. The van der Waals surface area contributed by atoms with Crippen molar-refractivity contribution in [3.63, 3.8) is 0 Å². The first-order chi connectivity index (χ1) is 19.5. The van der Waals surface area contributed by atoms with Crippen LogP contribution in [0, 0.1) is 11.8 Å². The van der Waals surface area contributed by atoms with Crippen LogP contribution in [0.1, 0.15) is 34.6 Å². The quantitative estimate of drug-likeness (QED) is 0.320. The van der Waals surface area contributed by atoms with Crippen LogP contribution in [0.25, 0.3) is 0 Å². The number of likely N-dealkylation sites (tertiary alicyclic amines) is 1. The molecule has 2 saturated heterocycles. The Balaban J connectivity index is 1.38. The number of rotatable bonds is 7. The highest BCUT2D eigenvalue weighted by Gasteiger charge is 2.68. The summed E-state index contributed by atoms with van der Waals surface area (Å²) in [5.74, 6) is -2.60. The van der Waals surface area contributed by atoms with Gasteiger partial charge < -0.3 is 14.7 Å². The molecule has 2 fully saturated rings. The number of ether oxygens (including phenoxy) is 1. The number of tetrazole rings is 1. The molecule has 40 heavy (non-hydrogen) atoms.